The number of benzene rings is 2. The van der Waals surface area contributed by atoms with Gasteiger partial charge in [-0.05, 0) is 50.1 Å². The summed E-state index contributed by atoms with van der Waals surface area (Å²) in [6, 6.07) is 12.2. The van der Waals surface area contributed by atoms with Crippen LogP contribution < -0.4 is 20.3 Å². The molecule has 3 N–H and O–H groups in total. The fraction of sp³-hybridized carbons (Fsp3) is 0.435. The van der Waals surface area contributed by atoms with Crippen LogP contribution in [0.25, 0.3) is 0 Å². The maximum Gasteiger partial charge on any atom is 0.261 e. The van der Waals surface area contributed by atoms with E-state index in [0.29, 0.717) is 11.3 Å². The molecule has 2 aromatic rings. The van der Waals surface area contributed by atoms with Gasteiger partial charge in [0.15, 0.2) is 0 Å². The van der Waals surface area contributed by atoms with Crippen LogP contribution in [-0.4, -0.2) is 46.5 Å². The molecule has 0 aromatic heterocycles. The molecule has 166 valence electrons. The van der Waals surface area contributed by atoms with Crippen molar-refractivity contribution in [3.05, 3.63) is 53.6 Å². The molecule has 4 rings (SSSR count). The third-order valence-corrected chi connectivity index (χ3v) is 7.36. The van der Waals surface area contributed by atoms with Gasteiger partial charge in [-0.2, -0.15) is 0 Å². The van der Waals surface area contributed by atoms with E-state index >= 15 is 0 Å². The Labute approximate surface area is 184 Å². The van der Waals surface area contributed by atoms with E-state index in [-0.39, 0.29) is 16.8 Å². The molecule has 8 heteroatoms. The summed E-state index contributed by atoms with van der Waals surface area (Å²) in [5, 5.41) is 6.39. The molecule has 0 atom stereocenters. The van der Waals surface area contributed by atoms with Gasteiger partial charge < -0.3 is 15.5 Å². The monoisotopic (exact) mass is 442 g/mol. The average molecular weight is 443 g/mol. The van der Waals surface area contributed by atoms with E-state index < -0.39 is 10.0 Å². The Morgan fingerprint density at radius 2 is 1.71 bits per heavy atom. The van der Waals surface area contributed by atoms with Crippen LogP contribution in [0.4, 0.5) is 11.4 Å². The van der Waals surface area contributed by atoms with Crippen LogP contribution in [0.15, 0.2) is 47.4 Å². The first kappa shape index (κ1) is 21.6. The van der Waals surface area contributed by atoms with Gasteiger partial charge in [0, 0.05) is 37.8 Å². The highest BCUT2D eigenvalue weighted by molar-refractivity contribution is 7.92. The van der Waals surface area contributed by atoms with Gasteiger partial charge >= 0.3 is 0 Å². The molecule has 31 heavy (non-hydrogen) atoms. The zero-order valence-electron chi connectivity index (χ0n) is 17.9. The molecule has 1 aliphatic carbocycles. The van der Waals surface area contributed by atoms with Gasteiger partial charge in [0.05, 0.1) is 16.3 Å². The number of nitrogens with zero attached hydrogens (tertiary/aromatic N) is 1. The predicted octanol–water partition coefficient (Wildman–Crippen LogP) is 2.88. The van der Waals surface area contributed by atoms with E-state index in [1.165, 1.54) is 0 Å². The van der Waals surface area contributed by atoms with Crippen molar-refractivity contribution in [1.82, 2.24) is 10.6 Å². The maximum atomic E-state index is 13.1. The summed E-state index contributed by atoms with van der Waals surface area (Å²) < 4.78 is 28.9. The molecule has 0 bridgehead atoms. The zero-order valence-corrected chi connectivity index (χ0v) is 18.7. The smallest absolute Gasteiger partial charge is 0.261 e. The second-order valence-corrected chi connectivity index (χ2v) is 10.0. The fourth-order valence-corrected chi connectivity index (χ4v) is 5.27. The fourth-order valence-electron chi connectivity index (χ4n) is 4.20. The van der Waals surface area contributed by atoms with E-state index in [1.54, 1.807) is 36.4 Å². The van der Waals surface area contributed by atoms with Crippen LogP contribution in [0.2, 0.25) is 0 Å². The highest BCUT2D eigenvalue weighted by atomic mass is 32.2. The first-order chi connectivity index (χ1) is 14.9. The van der Waals surface area contributed by atoms with Crippen LogP contribution in [0.3, 0.4) is 0 Å². The van der Waals surface area contributed by atoms with Crippen molar-refractivity contribution in [3.63, 3.8) is 0 Å². The van der Waals surface area contributed by atoms with E-state index in [9.17, 15) is 13.2 Å². The number of sulfonamides is 1. The summed E-state index contributed by atoms with van der Waals surface area (Å²) in [5.41, 5.74) is 2.68. The van der Waals surface area contributed by atoms with Crippen LogP contribution in [-0.2, 0) is 10.0 Å². The summed E-state index contributed by atoms with van der Waals surface area (Å²) in [4.78, 5) is 15.1. The van der Waals surface area contributed by atoms with Crippen LogP contribution in [0.1, 0.15) is 41.6 Å². The molecule has 1 aliphatic heterocycles. The summed E-state index contributed by atoms with van der Waals surface area (Å²) >= 11 is 0. The van der Waals surface area contributed by atoms with E-state index in [2.05, 4.69) is 20.3 Å². The predicted molar refractivity (Wildman–Crippen MR) is 123 cm³/mol. The Kier molecular flexibility index (Phi) is 6.48. The Bertz CT molecular complexity index is 1030. The lowest BCUT2D eigenvalue weighted by molar-refractivity contribution is 0.0938. The Morgan fingerprint density at radius 3 is 2.39 bits per heavy atom. The second-order valence-electron chi connectivity index (χ2n) is 8.34. The highest BCUT2D eigenvalue weighted by Crippen LogP contribution is 2.30. The third-order valence-electron chi connectivity index (χ3n) is 5.98. The molecule has 2 aromatic carbocycles. The maximum absolute atomic E-state index is 13.1. The SMILES string of the molecule is Cc1ccc(S(=O)(=O)Nc2cc(C(=O)NC3CCCC3)ccc2N2CCNCC2)cc1. The minimum atomic E-state index is -3.78. The molecule has 0 unspecified atom stereocenters. The van der Waals surface area contributed by atoms with Gasteiger partial charge in [-0.3, -0.25) is 9.52 Å². The number of aryl methyl sites for hydroxylation is 1. The molecule has 0 spiro atoms. The number of hydrogen-bond donors (Lipinski definition) is 3. The summed E-state index contributed by atoms with van der Waals surface area (Å²) in [5.74, 6) is -0.158. The van der Waals surface area contributed by atoms with Gasteiger partial charge in [0.2, 0.25) is 0 Å². The number of rotatable bonds is 6. The summed E-state index contributed by atoms with van der Waals surface area (Å²) in [7, 11) is -3.78. The third kappa shape index (κ3) is 5.19. The van der Waals surface area contributed by atoms with Gasteiger partial charge in [-0.1, -0.05) is 30.5 Å². The lowest BCUT2D eigenvalue weighted by atomic mass is 10.1. The normalized spacial score (nSPS) is 17.5. The van der Waals surface area contributed by atoms with Gasteiger partial charge in [-0.15, -0.1) is 0 Å². The van der Waals surface area contributed by atoms with Crippen molar-refractivity contribution in [3.8, 4) is 0 Å². The zero-order chi connectivity index (χ0) is 21.8. The molecule has 0 radical (unpaired) electrons. The first-order valence-corrected chi connectivity index (χ1v) is 12.4. The largest absolute Gasteiger partial charge is 0.367 e. The van der Waals surface area contributed by atoms with Crippen molar-refractivity contribution in [2.45, 2.75) is 43.5 Å². The minimum Gasteiger partial charge on any atom is -0.367 e. The van der Waals surface area contributed by atoms with E-state index in [4.69, 9.17) is 0 Å². The van der Waals surface area contributed by atoms with Crippen molar-refractivity contribution in [1.29, 1.82) is 0 Å². The van der Waals surface area contributed by atoms with Crippen molar-refractivity contribution < 1.29 is 13.2 Å². The molecule has 1 heterocycles. The minimum absolute atomic E-state index is 0.158. The first-order valence-electron chi connectivity index (χ1n) is 10.9. The Morgan fingerprint density at radius 1 is 1.03 bits per heavy atom. The van der Waals surface area contributed by atoms with Crippen molar-refractivity contribution in [2.75, 3.05) is 35.8 Å². The quantitative estimate of drug-likeness (QED) is 0.640. The lowest BCUT2D eigenvalue weighted by Gasteiger charge is -2.31. The Hall–Kier alpha value is -2.58. The summed E-state index contributed by atoms with van der Waals surface area (Å²) in [6.07, 6.45) is 4.26. The number of hydrogen-bond acceptors (Lipinski definition) is 5. The number of piperazine rings is 1. The van der Waals surface area contributed by atoms with Crippen molar-refractivity contribution >= 4 is 27.3 Å². The van der Waals surface area contributed by atoms with Crippen LogP contribution in [0, 0.1) is 6.92 Å². The molecule has 1 saturated carbocycles. The molecular formula is C23H30N4O3S. The lowest BCUT2D eigenvalue weighted by Crippen LogP contribution is -2.43. The van der Waals surface area contributed by atoms with Gasteiger partial charge in [-0.25, -0.2) is 8.42 Å². The summed E-state index contributed by atoms with van der Waals surface area (Å²) in [6.45, 7) is 5.11. The van der Waals surface area contributed by atoms with Gasteiger partial charge in [0.25, 0.3) is 15.9 Å². The van der Waals surface area contributed by atoms with E-state index in [0.717, 1.165) is 63.1 Å². The van der Waals surface area contributed by atoms with E-state index in [1.807, 2.05) is 13.0 Å². The molecular weight excluding hydrogens is 412 g/mol. The Balaban J connectivity index is 1.64. The molecule has 2 aliphatic rings. The van der Waals surface area contributed by atoms with Crippen molar-refractivity contribution in [2.24, 2.45) is 0 Å². The topological polar surface area (TPSA) is 90.5 Å². The molecule has 7 nitrogen and oxygen atoms in total. The highest BCUT2D eigenvalue weighted by Gasteiger charge is 2.23. The molecule has 1 saturated heterocycles. The van der Waals surface area contributed by atoms with Gasteiger partial charge in [0.1, 0.15) is 0 Å². The average Bonchev–Trinajstić information content (AvgIpc) is 3.27. The standard InChI is InChI=1S/C23H30N4O3S/c1-17-6-9-20(10-7-17)31(29,30)26-21-16-18(23(28)25-19-4-2-3-5-19)8-11-22(21)27-14-12-24-13-15-27/h6-11,16,19,24,26H,2-5,12-15H2,1H3,(H,25,28). The number of carbonyl (C=O) groups excluding carboxylic acids is 1. The van der Waals surface area contributed by atoms with Crippen LogP contribution in [0.5, 0.6) is 0 Å². The number of anilines is 2. The van der Waals surface area contributed by atoms with Crippen LogP contribution >= 0.6 is 0 Å². The number of carbonyl (C=O) groups is 1. The number of amides is 1. The number of nitrogens with one attached hydrogen (secondary N) is 3. The second kappa shape index (κ2) is 9.28. The molecule has 2 fully saturated rings. The molecule has 1 amide bonds.